The van der Waals surface area contributed by atoms with E-state index in [0.717, 1.165) is 0 Å². The van der Waals surface area contributed by atoms with Crippen molar-refractivity contribution < 1.29 is 0 Å². The van der Waals surface area contributed by atoms with Crippen molar-refractivity contribution in [3.63, 3.8) is 0 Å². The predicted molar refractivity (Wildman–Crippen MR) is 230 cm³/mol. The number of benzene rings is 8. The first kappa shape index (κ1) is 30.1. The molecule has 0 aliphatic rings. The number of thiophene rings is 3. The summed E-state index contributed by atoms with van der Waals surface area (Å²) < 4.78 is 8.00. The normalized spacial score (nSPS) is 12.5. The lowest BCUT2D eigenvalue weighted by molar-refractivity contribution is 1.01. The van der Waals surface area contributed by atoms with E-state index in [4.69, 9.17) is 0 Å². The molecule has 0 N–H and O–H groups in total. The van der Waals surface area contributed by atoms with Crippen molar-refractivity contribution in [1.82, 2.24) is 0 Å². The minimum atomic E-state index is -0.0161. The van der Waals surface area contributed by atoms with E-state index in [0.29, 0.717) is 0 Å². The van der Waals surface area contributed by atoms with E-state index in [-0.39, 0.29) is 5.92 Å². The number of hydrogen-bond donors (Lipinski definition) is 0. The molecule has 0 fully saturated rings. The summed E-state index contributed by atoms with van der Waals surface area (Å²) in [7, 11) is 0. The van der Waals surface area contributed by atoms with Gasteiger partial charge >= 0.3 is 0 Å². The molecule has 3 heteroatoms. The molecule has 1 unspecified atom stereocenters. The first-order chi connectivity index (χ1) is 25.8. The zero-order valence-electron chi connectivity index (χ0n) is 28.0. The summed E-state index contributed by atoms with van der Waals surface area (Å²) in [5, 5.41) is 8.05. The van der Waals surface area contributed by atoms with Gasteiger partial charge in [0, 0.05) is 66.4 Å². The Hall–Kier alpha value is -5.58. The SMILES string of the molecule is c1ccc(-c2cc(C(c3ccc4sc5ccccc5c4c3)c3ccc(-c4ccccc4)c4sc5ccccc5c34)c3c(c2)sc2ccccc23)cc1. The first-order valence-corrected chi connectivity index (χ1v) is 20.1. The van der Waals surface area contributed by atoms with Crippen LogP contribution in [0, 0.1) is 0 Å². The maximum Gasteiger partial charge on any atom is 0.0436 e. The van der Waals surface area contributed by atoms with E-state index in [9.17, 15) is 0 Å². The fourth-order valence-corrected chi connectivity index (χ4v) is 11.8. The van der Waals surface area contributed by atoms with E-state index in [1.807, 2.05) is 34.0 Å². The Bertz CT molecular complexity index is 3120. The molecule has 0 saturated heterocycles. The standard InChI is InChI=1S/C49H30S3/c1-3-13-30(14-4-1)33-28-40(47-36-18-8-11-21-42(36)51-45(47)29-33)46(32-23-26-44-39(27-32)35-17-7-10-20-41(35)50-44)38-25-24-34(31-15-5-2-6-16-31)49-48(38)37-19-9-12-22-43(37)52-49/h1-29,46H. The third-order valence-electron chi connectivity index (χ3n) is 10.6. The van der Waals surface area contributed by atoms with Gasteiger partial charge in [-0.15, -0.1) is 34.0 Å². The van der Waals surface area contributed by atoms with Crippen LogP contribution in [0.3, 0.4) is 0 Å². The van der Waals surface area contributed by atoms with Crippen molar-refractivity contribution in [2.75, 3.05) is 0 Å². The minimum Gasteiger partial charge on any atom is -0.135 e. The second kappa shape index (κ2) is 12.0. The van der Waals surface area contributed by atoms with Crippen LogP contribution in [0.1, 0.15) is 22.6 Å². The van der Waals surface area contributed by atoms with Crippen LogP contribution < -0.4 is 0 Å². The minimum absolute atomic E-state index is 0.0161. The van der Waals surface area contributed by atoms with E-state index < -0.39 is 0 Å². The van der Waals surface area contributed by atoms with Crippen LogP contribution in [-0.4, -0.2) is 0 Å². The highest BCUT2D eigenvalue weighted by molar-refractivity contribution is 7.27. The molecule has 11 rings (SSSR count). The lowest BCUT2D eigenvalue weighted by atomic mass is 9.79. The maximum absolute atomic E-state index is 2.50. The molecule has 0 bridgehead atoms. The molecule has 52 heavy (non-hydrogen) atoms. The van der Waals surface area contributed by atoms with Crippen LogP contribution >= 0.6 is 34.0 Å². The van der Waals surface area contributed by atoms with Gasteiger partial charge < -0.3 is 0 Å². The molecule has 0 radical (unpaired) electrons. The Morgan fingerprint density at radius 3 is 1.65 bits per heavy atom. The van der Waals surface area contributed by atoms with Crippen LogP contribution in [0.15, 0.2) is 176 Å². The average molecular weight is 715 g/mol. The van der Waals surface area contributed by atoms with Crippen molar-refractivity contribution in [2.24, 2.45) is 0 Å². The molecule has 3 heterocycles. The lowest BCUT2D eigenvalue weighted by Crippen LogP contribution is -2.05. The summed E-state index contributed by atoms with van der Waals surface area (Å²) in [5.74, 6) is -0.0161. The van der Waals surface area contributed by atoms with Gasteiger partial charge in [0.05, 0.1) is 0 Å². The van der Waals surface area contributed by atoms with Gasteiger partial charge in [-0.2, -0.15) is 0 Å². The molecule has 11 aromatic rings. The third kappa shape index (κ3) is 4.70. The monoisotopic (exact) mass is 714 g/mol. The van der Waals surface area contributed by atoms with E-state index in [2.05, 4.69) is 176 Å². The first-order valence-electron chi connectivity index (χ1n) is 17.7. The van der Waals surface area contributed by atoms with Gasteiger partial charge in [0.15, 0.2) is 0 Å². The van der Waals surface area contributed by atoms with E-state index in [1.54, 1.807) is 0 Å². The predicted octanol–water partition coefficient (Wildman–Crippen LogP) is 15.3. The van der Waals surface area contributed by atoms with Crippen LogP contribution in [0.5, 0.6) is 0 Å². The van der Waals surface area contributed by atoms with Crippen LogP contribution in [-0.2, 0) is 0 Å². The molecule has 1 atom stereocenters. The molecule has 3 aromatic heterocycles. The molecule has 0 spiro atoms. The van der Waals surface area contributed by atoms with E-state index >= 15 is 0 Å². The summed E-state index contributed by atoms with van der Waals surface area (Å²) in [6.07, 6.45) is 0. The van der Waals surface area contributed by atoms with Gasteiger partial charge in [-0.05, 0) is 81.4 Å². The molecular weight excluding hydrogens is 685 g/mol. The second-order valence-electron chi connectivity index (χ2n) is 13.6. The van der Waals surface area contributed by atoms with Crippen molar-refractivity contribution in [2.45, 2.75) is 5.92 Å². The van der Waals surface area contributed by atoms with Crippen molar-refractivity contribution in [3.8, 4) is 22.3 Å². The number of rotatable bonds is 5. The molecule has 0 nitrogen and oxygen atoms in total. The fraction of sp³-hybridized carbons (Fsp3) is 0.0204. The highest BCUT2D eigenvalue weighted by atomic mass is 32.1. The number of hydrogen-bond acceptors (Lipinski definition) is 3. The van der Waals surface area contributed by atoms with Crippen LogP contribution in [0.25, 0.3) is 82.8 Å². The van der Waals surface area contributed by atoms with Gasteiger partial charge in [-0.3, -0.25) is 0 Å². The Morgan fingerprint density at radius 1 is 0.327 bits per heavy atom. The smallest absolute Gasteiger partial charge is 0.0436 e. The maximum atomic E-state index is 2.50. The Morgan fingerprint density at radius 2 is 0.904 bits per heavy atom. The molecule has 8 aromatic carbocycles. The summed E-state index contributed by atoms with van der Waals surface area (Å²) in [6, 6.07) is 65.7. The molecule has 0 aliphatic carbocycles. The third-order valence-corrected chi connectivity index (χ3v) is 14.1. The fourth-order valence-electron chi connectivity index (χ4n) is 8.30. The Kier molecular flexibility index (Phi) is 6.94. The molecule has 244 valence electrons. The molecule has 0 amide bonds. The van der Waals surface area contributed by atoms with Crippen LogP contribution in [0.2, 0.25) is 0 Å². The second-order valence-corrected chi connectivity index (χ2v) is 16.8. The van der Waals surface area contributed by atoms with Crippen molar-refractivity contribution in [3.05, 3.63) is 193 Å². The van der Waals surface area contributed by atoms with Crippen molar-refractivity contribution >= 4 is 94.5 Å². The van der Waals surface area contributed by atoms with Gasteiger partial charge in [0.25, 0.3) is 0 Å². The lowest BCUT2D eigenvalue weighted by Gasteiger charge is -2.23. The molecule has 0 saturated carbocycles. The van der Waals surface area contributed by atoms with Crippen molar-refractivity contribution in [1.29, 1.82) is 0 Å². The highest BCUT2D eigenvalue weighted by Gasteiger charge is 2.27. The summed E-state index contributed by atoms with van der Waals surface area (Å²) >= 11 is 5.72. The van der Waals surface area contributed by atoms with E-state index in [1.165, 1.54) is 99.5 Å². The Labute approximate surface area is 313 Å². The summed E-state index contributed by atoms with van der Waals surface area (Å²) in [6.45, 7) is 0. The van der Waals surface area contributed by atoms with Gasteiger partial charge in [-0.25, -0.2) is 0 Å². The zero-order valence-corrected chi connectivity index (χ0v) is 30.5. The van der Waals surface area contributed by atoms with Gasteiger partial charge in [-0.1, -0.05) is 133 Å². The Balaban J connectivity index is 1.30. The zero-order chi connectivity index (χ0) is 34.2. The molecular formula is C49H30S3. The average Bonchev–Trinajstić information content (AvgIpc) is 3.90. The number of fused-ring (bicyclic) bond motifs is 9. The highest BCUT2D eigenvalue weighted by Crippen LogP contribution is 2.50. The summed E-state index contributed by atoms with van der Waals surface area (Å²) in [4.78, 5) is 0. The largest absolute Gasteiger partial charge is 0.135 e. The topological polar surface area (TPSA) is 0 Å². The summed E-state index contributed by atoms with van der Waals surface area (Å²) in [5.41, 5.74) is 9.08. The van der Waals surface area contributed by atoms with Gasteiger partial charge in [0.2, 0.25) is 0 Å². The van der Waals surface area contributed by atoms with Crippen LogP contribution in [0.4, 0.5) is 0 Å². The molecule has 0 aliphatic heterocycles. The quantitative estimate of drug-likeness (QED) is 0.156. The van der Waals surface area contributed by atoms with Gasteiger partial charge in [0.1, 0.15) is 0 Å².